The smallest absolute Gasteiger partial charge is 0.227 e. The van der Waals surface area contributed by atoms with Gasteiger partial charge in [-0.2, -0.15) is 0 Å². The average Bonchev–Trinajstić information content (AvgIpc) is 3.62. The second kappa shape index (κ2) is 9.78. The molecule has 4 nitrogen and oxygen atoms in total. The predicted molar refractivity (Wildman–Crippen MR) is 126 cm³/mol. The molecule has 1 saturated heterocycles. The van der Waals surface area contributed by atoms with E-state index in [1.807, 2.05) is 24.3 Å². The number of amides is 1. The van der Waals surface area contributed by atoms with Crippen LogP contribution in [0.25, 0.3) is 0 Å². The summed E-state index contributed by atoms with van der Waals surface area (Å²) in [5, 5.41) is 3.07. The third-order valence-corrected chi connectivity index (χ3v) is 6.87. The molecular weight excluding hydrogens is 384 g/mol. The van der Waals surface area contributed by atoms with Crippen LogP contribution >= 0.6 is 0 Å². The van der Waals surface area contributed by atoms with E-state index in [0.717, 1.165) is 63.0 Å². The van der Waals surface area contributed by atoms with E-state index < -0.39 is 0 Å². The van der Waals surface area contributed by atoms with Crippen LogP contribution in [-0.2, 0) is 4.79 Å². The van der Waals surface area contributed by atoms with E-state index in [-0.39, 0.29) is 17.6 Å². The average molecular weight is 419 g/mol. The van der Waals surface area contributed by atoms with E-state index in [0.29, 0.717) is 12.3 Å². The summed E-state index contributed by atoms with van der Waals surface area (Å²) in [6, 6.07) is 14.4. The summed E-state index contributed by atoms with van der Waals surface area (Å²) in [4.78, 5) is 27.0. The fraction of sp³-hybridized carbons (Fsp3) is 0.481. The minimum absolute atomic E-state index is 0.169. The molecule has 1 saturated carbocycles. The normalized spacial score (nSPS) is 17.5. The van der Waals surface area contributed by atoms with Crippen LogP contribution in [0.4, 0.5) is 5.69 Å². The highest BCUT2D eigenvalue weighted by Gasteiger charge is 2.29. The summed E-state index contributed by atoms with van der Waals surface area (Å²) in [5.74, 6) is 1.20. The SMILES string of the molecule is Cc1ccc(C(=O)CCCN2CCC(c3cccc(NC(=O)C4CC4)c3)CC2)cc1C. The standard InChI is InChI=1S/C27H34N2O2/c1-19-8-9-24(17-20(19)2)26(30)7-4-14-29-15-12-21(13-16-29)23-5-3-6-25(18-23)28-27(31)22-10-11-22/h3,5-6,8-9,17-18,21-22H,4,7,10-16H2,1-2H3,(H,28,31). The molecule has 0 aromatic heterocycles. The Kier molecular flexibility index (Phi) is 6.86. The van der Waals surface area contributed by atoms with Crippen molar-refractivity contribution in [2.45, 2.75) is 58.3 Å². The number of likely N-dealkylation sites (tertiary alicyclic amines) is 1. The predicted octanol–water partition coefficient (Wildman–Crippen LogP) is 5.49. The van der Waals surface area contributed by atoms with E-state index in [1.165, 1.54) is 16.7 Å². The molecule has 4 heteroatoms. The first kappa shape index (κ1) is 21.8. The van der Waals surface area contributed by atoms with Gasteiger partial charge in [-0.3, -0.25) is 9.59 Å². The van der Waals surface area contributed by atoms with E-state index in [2.05, 4.69) is 42.3 Å². The Morgan fingerprint density at radius 2 is 1.74 bits per heavy atom. The molecule has 0 unspecified atom stereocenters. The van der Waals surface area contributed by atoms with Crippen molar-refractivity contribution in [3.8, 4) is 0 Å². The lowest BCUT2D eigenvalue weighted by molar-refractivity contribution is -0.117. The second-order valence-corrected chi connectivity index (χ2v) is 9.33. The van der Waals surface area contributed by atoms with Crippen LogP contribution in [0.5, 0.6) is 0 Å². The molecule has 0 bridgehead atoms. The fourth-order valence-electron chi connectivity index (χ4n) is 4.47. The Hall–Kier alpha value is -2.46. The van der Waals surface area contributed by atoms with Crippen molar-refractivity contribution in [3.63, 3.8) is 0 Å². The molecule has 1 amide bonds. The van der Waals surface area contributed by atoms with Crippen molar-refractivity contribution >= 4 is 17.4 Å². The molecule has 1 aliphatic carbocycles. The number of nitrogens with zero attached hydrogens (tertiary/aromatic N) is 1. The number of benzene rings is 2. The Morgan fingerprint density at radius 1 is 0.968 bits per heavy atom. The number of Topliss-reactive ketones (excluding diaryl/α,β-unsaturated/α-hetero) is 1. The largest absolute Gasteiger partial charge is 0.326 e. The first-order valence-electron chi connectivity index (χ1n) is 11.7. The van der Waals surface area contributed by atoms with E-state index in [4.69, 9.17) is 0 Å². The zero-order valence-electron chi connectivity index (χ0n) is 18.8. The molecule has 0 spiro atoms. The number of carbonyl (C=O) groups is 2. The lowest BCUT2D eigenvalue weighted by Gasteiger charge is -2.32. The van der Waals surface area contributed by atoms with Gasteiger partial charge in [0, 0.05) is 23.6 Å². The highest BCUT2D eigenvalue weighted by atomic mass is 16.2. The monoisotopic (exact) mass is 418 g/mol. The van der Waals surface area contributed by atoms with Gasteiger partial charge in [0.2, 0.25) is 5.91 Å². The van der Waals surface area contributed by atoms with Crippen molar-refractivity contribution in [2.24, 2.45) is 5.92 Å². The fourth-order valence-corrected chi connectivity index (χ4v) is 4.47. The van der Waals surface area contributed by atoms with Gasteiger partial charge in [0.05, 0.1) is 0 Å². The third kappa shape index (κ3) is 5.82. The van der Waals surface area contributed by atoms with Crippen LogP contribution in [0.3, 0.4) is 0 Å². The number of carbonyl (C=O) groups excluding carboxylic acids is 2. The summed E-state index contributed by atoms with van der Waals surface area (Å²) in [7, 11) is 0. The van der Waals surface area contributed by atoms with E-state index >= 15 is 0 Å². The van der Waals surface area contributed by atoms with Crippen LogP contribution in [0.15, 0.2) is 42.5 Å². The molecule has 2 aliphatic rings. The number of piperidine rings is 1. The summed E-state index contributed by atoms with van der Waals surface area (Å²) < 4.78 is 0. The summed E-state index contributed by atoms with van der Waals surface area (Å²) in [5.41, 5.74) is 5.52. The first-order valence-corrected chi connectivity index (χ1v) is 11.7. The van der Waals surface area contributed by atoms with Gasteiger partial charge in [-0.05, 0) is 106 Å². The summed E-state index contributed by atoms with van der Waals surface area (Å²) in [6.07, 6.45) is 5.85. The molecule has 2 fully saturated rings. The van der Waals surface area contributed by atoms with Gasteiger partial charge in [0.25, 0.3) is 0 Å². The molecule has 164 valence electrons. The Labute approximate surface area is 186 Å². The van der Waals surface area contributed by atoms with Crippen molar-refractivity contribution in [1.82, 2.24) is 4.90 Å². The maximum absolute atomic E-state index is 12.5. The number of anilines is 1. The second-order valence-electron chi connectivity index (χ2n) is 9.33. The minimum Gasteiger partial charge on any atom is -0.326 e. The number of aryl methyl sites for hydroxylation is 2. The van der Waals surface area contributed by atoms with Crippen LogP contribution in [-0.4, -0.2) is 36.2 Å². The Balaban J connectivity index is 1.21. The van der Waals surface area contributed by atoms with Crippen molar-refractivity contribution in [1.29, 1.82) is 0 Å². The van der Waals surface area contributed by atoms with E-state index in [9.17, 15) is 9.59 Å². The van der Waals surface area contributed by atoms with Gasteiger partial charge in [0.15, 0.2) is 5.78 Å². The Bertz CT molecular complexity index is 940. The van der Waals surface area contributed by atoms with E-state index in [1.54, 1.807) is 0 Å². The van der Waals surface area contributed by atoms with Gasteiger partial charge < -0.3 is 10.2 Å². The lowest BCUT2D eigenvalue weighted by atomic mass is 9.89. The van der Waals surface area contributed by atoms with Crippen LogP contribution in [0.1, 0.15) is 71.5 Å². The maximum atomic E-state index is 12.5. The molecule has 0 atom stereocenters. The molecule has 31 heavy (non-hydrogen) atoms. The zero-order chi connectivity index (χ0) is 21.8. The zero-order valence-corrected chi connectivity index (χ0v) is 18.8. The van der Waals surface area contributed by atoms with Gasteiger partial charge in [0.1, 0.15) is 0 Å². The number of hydrogen-bond acceptors (Lipinski definition) is 3. The van der Waals surface area contributed by atoms with Gasteiger partial charge >= 0.3 is 0 Å². The number of hydrogen-bond donors (Lipinski definition) is 1. The molecule has 0 radical (unpaired) electrons. The topological polar surface area (TPSA) is 49.4 Å². The van der Waals surface area contributed by atoms with Gasteiger partial charge in [-0.15, -0.1) is 0 Å². The molecule has 1 heterocycles. The molecule has 4 rings (SSSR count). The highest BCUT2D eigenvalue weighted by molar-refractivity contribution is 5.96. The summed E-state index contributed by atoms with van der Waals surface area (Å²) >= 11 is 0. The number of nitrogens with one attached hydrogen (secondary N) is 1. The first-order chi connectivity index (χ1) is 15.0. The van der Waals surface area contributed by atoms with Crippen molar-refractivity contribution in [2.75, 3.05) is 25.0 Å². The molecule has 2 aromatic rings. The maximum Gasteiger partial charge on any atom is 0.227 e. The number of rotatable bonds is 8. The van der Waals surface area contributed by atoms with Crippen molar-refractivity contribution < 1.29 is 9.59 Å². The van der Waals surface area contributed by atoms with Crippen LogP contribution in [0.2, 0.25) is 0 Å². The summed E-state index contributed by atoms with van der Waals surface area (Å²) in [6.45, 7) is 7.27. The number of ketones is 1. The lowest BCUT2D eigenvalue weighted by Crippen LogP contribution is -2.33. The van der Waals surface area contributed by atoms with Gasteiger partial charge in [-0.25, -0.2) is 0 Å². The van der Waals surface area contributed by atoms with Crippen LogP contribution in [0, 0.1) is 19.8 Å². The van der Waals surface area contributed by atoms with Crippen LogP contribution < -0.4 is 5.32 Å². The third-order valence-electron chi connectivity index (χ3n) is 6.87. The Morgan fingerprint density at radius 3 is 2.45 bits per heavy atom. The molecule has 2 aromatic carbocycles. The highest BCUT2D eigenvalue weighted by Crippen LogP contribution is 2.32. The molecule has 1 aliphatic heterocycles. The quantitative estimate of drug-likeness (QED) is 0.576. The molecule has 1 N–H and O–H groups in total. The van der Waals surface area contributed by atoms with Gasteiger partial charge in [-0.1, -0.05) is 24.3 Å². The molecular formula is C27H34N2O2. The van der Waals surface area contributed by atoms with Crippen molar-refractivity contribution in [3.05, 3.63) is 64.7 Å². The minimum atomic E-state index is 0.169.